The van der Waals surface area contributed by atoms with Crippen molar-refractivity contribution in [1.29, 1.82) is 0 Å². The van der Waals surface area contributed by atoms with Gasteiger partial charge in [0.1, 0.15) is 5.78 Å². The van der Waals surface area contributed by atoms with E-state index < -0.39 is 5.60 Å². The Morgan fingerprint density at radius 2 is 1.78 bits per heavy atom. The van der Waals surface area contributed by atoms with E-state index in [1.165, 1.54) is 6.07 Å². The Bertz CT molecular complexity index is 1100. The summed E-state index contributed by atoms with van der Waals surface area (Å²) < 4.78 is 5.22. The zero-order valence-electron chi connectivity index (χ0n) is 22.3. The van der Waals surface area contributed by atoms with Gasteiger partial charge in [-0.3, -0.25) is 4.79 Å². The molecule has 6 rings (SSSR count). The van der Waals surface area contributed by atoms with Crippen LogP contribution >= 0.6 is 0 Å². The number of hydrogen-bond acceptors (Lipinski definition) is 5. The SMILES string of the molecule is C[C@]12CC[C@H](NC(=O)N3CCC(=O)CC3)C[C@H]1CC[C@@H]1[C@@H]2CC[C@]2(C)[C@@H](c3ccc(=O)oc3)CC[C@]12O. The summed E-state index contributed by atoms with van der Waals surface area (Å²) >= 11 is 0. The van der Waals surface area contributed by atoms with Crippen molar-refractivity contribution in [2.24, 2.45) is 28.6 Å². The van der Waals surface area contributed by atoms with Crippen LogP contribution in [0.1, 0.15) is 96.0 Å². The van der Waals surface area contributed by atoms with Gasteiger partial charge in [-0.15, -0.1) is 0 Å². The highest BCUT2D eigenvalue weighted by atomic mass is 16.4. The second-order valence-electron chi connectivity index (χ2n) is 13.3. The second kappa shape index (κ2) is 8.96. The Labute approximate surface area is 219 Å². The number of ketones is 1. The molecular formula is C30H42N2O5. The van der Waals surface area contributed by atoms with Crippen LogP contribution in [0.25, 0.3) is 0 Å². The fourth-order valence-corrected chi connectivity index (χ4v) is 9.68. The molecule has 202 valence electrons. The highest BCUT2D eigenvalue weighted by Crippen LogP contribution is 2.70. The molecule has 0 unspecified atom stereocenters. The Kier molecular flexibility index (Phi) is 6.09. The first-order valence-corrected chi connectivity index (χ1v) is 14.5. The van der Waals surface area contributed by atoms with Gasteiger partial charge in [0.15, 0.2) is 0 Å². The largest absolute Gasteiger partial charge is 0.431 e. The van der Waals surface area contributed by atoms with Crippen molar-refractivity contribution in [2.75, 3.05) is 13.1 Å². The number of aliphatic hydroxyl groups is 1. The zero-order chi connectivity index (χ0) is 26.0. The molecule has 2 N–H and O–H groups in total. The van der Waals surface area contributed by atoms with Crippen LogP contribution in [-0.4, -0.2) is 46.6 Å². The summed E-state index contributed by atoms with van der Waals surface area (Å²) in [7, 11) is 0. The third-order valence-electron chi connectivity index (χ3n) is 11.9. The summed E-state index contributed by atoms with van der Waals surface area (Å²) in [6.07, 6.45) is 11.7. The van der Waals surface area contributed by atoms with Gasteiger partial charge in [-0.25, -0.2) is 9.59 Å². The zero-order valence-corrected chi connectivity index (χ0v) is 22.3. The molecule has 0 radical (unpaired) electrons. The maximum Gasteiger partial charge on any atom is 0.335 e. The number of piperidine rings is 1. The van der Waals surface area contributed by atoms with Crippen molar-refractivity contribution in [3.8, 4) is 0 Å². The van der Waals surface area contributed by atoms with E-state index in [-0.39, 0.29) is 40.2 Å². The third kappa shape index (κ3) is 3.90. The van der Waals surface area contributed by atoms with Crippen LogP contribution in [0.4, 0.5) is 4.79 Å². The van der Waals surface area contributed by atoms with E-state index in [9.17, 15) is 19.5 Å². The third-order valence-corrected chi connectivity index (χ3v) is 11.9. The van der Waals surface area contributed by atoms with Crippen LogP contribution in [-0.2, 0) is 4.79 Å². The standard InChI is InChI=1S/C30H42N2O5/c1-28-12-7-21(31-27(35)32-15-10-22(33)11-16-32)17-20(28)4-5-25-24(28)8-13-29(2)23(9-14-30(25,29)36)19-3-6-26(34)37-18-19/h3,6,18,20-21,23-25,36H,4-5,7-17H2,1-2H3,(H,31,35)/t20-,21+,23-,24+,25-,28+,29-,30+/m1/s1. The highest BCUT2D eigenvalue weighted by Gasteiger charge is 2.67. The number of hydrogen-bond donors (Lipinski definition) is 2. The van der Waals surface area contributed by atoms with E-state index in [2.05, 4.69) is 19.2 Å². The van der Waals surface area contributed by atoms with Gasteiger partial charge in [0.05, 0.1) is 11.9 Å². The molecule has 1 saturated heterocycles. The Morgan fingerprint density at radius 3 is 2.51 bits per heavy atom. The Balaban J connectivity index is 1.16. The van der Waals surface area contributed by atoms with Crippen molar-refractivity contribution in [3.05, 3.63) is 34.4 Å². The molecule has 7 heteroatoms. The molecule has 0 spiro atoms. The maximum absolute atomic E-state index is 12.9. The summed E-state index contributed by atoms with van der Waals surface area (Å²) in [5.41, 5.74) is 0.0106. The highest BCUT2D eigenvalue weighted by molar-refractivity contribution is 5.82. The topological polar surface area (TPSA) is 99.9 Å². The van der Waals surface area contributed by atoms with Gasteiger partial charge in [-0.1, -0.05) is 13.8 Å². The van der Waals surface area contributed by atoms with E-state index in [0.29, 0.717) is 43.7 Å². The van der Waals surface area contributed by atoms with Gasteiger partial charge in [0.2, 0.25) is 0 Å². The number of nitrogens with one attached hydrogen (secondary N) is 1. The molecule has 5 fully saturated rings. The van der Waals surface area contributed by atoms with E-state index >= 15 is 0 Å². The number of urea groups is 1. The fourth-order valence-electron chi connectivity index (χ4n) is 9.68. The van der Waals surface area contributed by atoms with Crippen molar-refractivity contribution >= 4 is 11.8 Å². The van der Waals surface area contributed by atoms with E-state index in [1.807, 2.05) is 6.07 Å². The van der Waals surface area contributed by atoms with E-state index in [4.69, 9.17) is 4.42 Å². The molecule has 2 amide bonds. The first-order valence-electron chi connectivity index (χ1n) is 14.5. The molecule has 1 aliphatic heterocycles. The molecular weight excluding hydrogens is 468 g/mol. The summed E-state index contributed by atoms with van der Waals surface area (Å²) in [4.78, 5) is 37.8. The first-order chi connectivity index (χ1) is 17.6. The average molecular weight is 511 g/mol. The van der Waals surface area contributed by atoms with Crippen LogP contribution in [0.2, 0.25) is 0 Å². The average Bonchev–Trinajstić information content (AvgIpc) is 3.16. The lowest BCUT2D eigenvalue weighted by molar-refractivity contribution is -0.201. The normalized spacial score (nSPS) is 43.5. The van der Waals surface area contributed by atoms with Crippen molar-refractivity contribution in [1.82, 2.24) is 10.2 Å². The quantitative estimate of drug-likeness (QED) is 0.605. The number of rotatable bonds is 2. The maximum atomic E-state index is 12.9. The number of likely N-dealkylation sites (tertiary alicyclic amines) is 1. The molecule has 5 aliphatic rings. The predicted molar refractivity (Wildman–Crippen MR) is 139 cm³/mol. The summed E-state index contributed by atoms with van der Waals surface area (Å²) in [6.45, 7) is 5.82. The Morgan fingerprint density at radius 1 is 1.00 bits per heavy atom. The van der Waals surface area contributed by atoms with E-state index in [0.717, 1.165) is 63.4 Å². The van der Waals surface area contributed by atoms with Gasteiger partial charge in [0, 0.05) is 43.5 Å². The number of amides is 2. The molecule has 2 heterocycles. The lowest BCUT2D eigenvalue weighted by Gasteiger charge is -2.63. The minimum absolute atomic E-state index is 0.00808. The van der Waals surface area contributed by atoms with Crippen LogP contribution in [0, 0.1) is 28.6 Å². The van der Waals surface area contributed by atoms with Crippen molar-refractivity contribution in [3.63, 3.8) is 0 Å². The summed E-state index contributed by atoms with van der Waals surface area (Å²) in [5, 5.41) is 15.7. The molecule has 7 nitrogen and oxygen atoms in total. The monoisotopic (exact) mass is 510 g/mol. The van der Waals surface area contributed by atoms with Gasteiger partial charge in [0.25, 0.3) is 0 Å². The fraction of sp³-hybridized carbons (Fsp3) is 0.767. The number of carbonyl (C=O) groups excluding carboxylic acids is 2. The van der Waals surface area contributed by atoms with Crippen molar-refractivity contribution < 1.29 is 19.1 Å². The smallest absolute Gasteiger partial charge is 0.335 e. The molecule has 37 heavy (non-hydrogen) atoms. The van der Waals surface area contributed by atoms with Crippen LogP contribution in [0.15, 0.2) is 27.6 Å². The summed E-state index contributed by atoms with van der Waals surface area (Å²) in [5.74, 6) is 1.82. The summed E-state index contributed by atoms with van der Waals surface area (Å²) in [6, 6.07) is 3.59. The molecule has 0 aromatic carbocycles. The molecule has 4 saturated carbocycles. The first kappa shape index (κ1) is 25.1. The Hall–Kier alpha value is -2.15. The van der Waals surface area contributed by atoms with E-state index in [1.54, 1.807) is 11.2 Å². The lowest BCUT2D eigenvalue weighted by atomic mass is 9.43. The van der Waals surface area contributed by atoms with Gasteiger partial charge in [-0.05, 0) is 98.5 Å². The number of carbonyl (C=O) groups is 2. The number of nitrogens with zero attached hydrogens (tertiary/aromatic N) is 1. The molecule has 8 atom stereocenters. The molecule has 1 aromatic rings. The van der Waals surface area contributed by atoms with Crippen LogP contribution < -0.4 is 10.9 Å². The number of Topliss-reactive ketones (excluding diaryl/α,β-unsaturated/α-hetero) is 1. The number of fused-ring (bicyclic) bond motifs is 5. The predicted octanol–water partition coefficient (Wildman–Crippen LogP) is 4.62. The van der Waals surface area contributed by atoms with Gasteiger partial charge < -0.3 is 19.7 Å². The van der Waals surface area contributed by atoms with Crippen molar-refractivity contribution in [2.45, 2.75) is 102 Å². The molecule has 4 aliphatic carbocycles. The molecule has 0 bridgehead atoms. The second-order valence-corrected chi connectivity index (χ2v) is 13.3. The van der Waals surface area contributed by atoms with Gasteiger partial charge >= 0.3 is 11.7 Å². The minimum atomic E-state index is -0.693. The molecule has 1 aromatic heterocycles. The van der Waals surface area contributed by atoms with Gasteiger partial charge in [-0.2, -0.15) is 0 Å². The van der Waals surface area contributed by atoms with Crippen LogP contribution in [0.5, 0.6) is 0 Å². The van der Waals surface area contributed by atoms with Crippen LogP contribution in [0.3, 0.4) is 0 Å². The minimum Gasteiger partial charge on any atom is -0.431 e. The lowest BCUT2D eigenvalue weighted by Crippen LogP contribution is -2.62.